The van der Waals surface area contributed by atoms with Crippen molar-refractivity contribution in [3.8, 4) is 0 Å². The van der Waals surface area contributed by atoms with E-state index in [0.29, 0.717) is 6.42 Å². The smallest absolute Gasteiger partial charge is 0.243 e. The molecule has 0 aromatic carbocycles. The van der Waals surface area contributed by atoms with Gasteiger partial charge in [0.25, 0.3) is 0 Å². The van der Waals surface area contributed by atoms with Gasteiger partial charge in [-0.15, -0.1) is 0 Å². The van der Waals surface area contributed by atoms with Crippen LogP contribution in [0.5, 0.6) is 0 Å². The Labute approximate surface area is 212 Å². The van der Waals surface area contributed by atoms with E-state index in [0.717, 1.165) is 18.2 Å². The minimum absolute atomic E-state index is 0.0117. The molecule has 6 N–H and O–H groups in total. The summed E-state index contributed by atoms with van der Waals surface area (Å²) in [5.41, 5.74) is -0.696. The molecule has 0 aliphatic carbocycles. The average molecular weight is 516 g/mol. The first-order valence-electron chi connectivity index (χ1n) is 11.6. The van der Waals surface area contributed by atoms with E-state index in [1.165, 1.54) is 0 Å². The number of hydrogen-bond donors (Lipinski definition) is 6. The summed E-state index contributed by atoms with van der Waals surface area (Å²) in [7, 11) is 0. The Morgan fingerprint density at radius 2 is 0.972 bits per heavy atom. The molecule has 0 radical (unpaired) electrons. The van der Waals surface area contributed by atoms with E-state index in [9.17, 15) is 29.7 Å². The molecule has 0 aromatic heterocycles. The number of amides is 3. The molecule has 0 bridgehead atoms. The number of aliphatic hydroxyl groups excluding tert-OH is 3. The number of ether oxygens (including phenoxy) is 3. The van der Waals surface area contributed by atoms with Gasteiger partial charge in [0.2, 0.25) is 17.7 Å². The molecule has 0 rings (SSSR count). The highest BCUT2D eigenvalue weighted by molar-refractivity contribution is 5.87. The molecule has 0 aliphatic rings. The van der Waals surface area contributed by atoms with Crippen LogP contribution in [0.3, 0.4) is 0 Å². The van der Waals surface area contributed by atoms with Gasteiger partial charge in [0.1, 0.15) is 0 Å². The van der Waals surface area contributed by atoms with Crippen molar-refractivity contribution in [1.82, 2.24) is 16.0 Å². The predicted octanol–water partition coefficient (Wildman–Crippen LogP) is -1.58. The maximum Gasteiger partial charge on any atom is 0.243 e. The number of nitrogens with one attached hydrogen (secondary N) is 3. The molecular weight excluding hydrogens is 474 g/mol. The average Bonchev–Trinajstić information content (AvgIpc) is 2.88. The monoisotopic (exact) mass is 515 g/mol. The van der Waals surface area contributed by atoms with Crippen LogP contribution in [-0.4, -0.2) is 111 Å². The quantitative estimate of drug-likeness (QED) is 0.0930. The molecule has 3 unspecified atom stereocenters. The van der Waals surface area contributed by atoms with Crippen LogP contribution in [0.15, 0.2) is 38.0 Å². The summed E-state index contributed by atoms with van der Waals surface area (Å²) in [6.07, 6.45) is 0.974. The van der Waals surface area contributed by atoms with Crippen LogP contribution in [0.25, 0.3) is 0 Å². The Kier molecular flexibility index (Phi) is 18.1. The number of carbonyl (C=O) groups excluding carboxylic acids is 3. The molecule has 0 heterocycles. The van der Waals surface area contributed by atoms with Gasteiger partial charge in [0.05, 0.1) is 58.0 Å². The molecule has 3 amide bonds. The van der Waals surface area contributed by atoms with Crippen LogP contribution in [0.4, 0.5) is 0 Å². The predicted molar refractivity (Wildman–Crippen MR) is 133 cm³/mol. The van der Waals surface area contributed by atoms with Crippen LogP contribution in [0, 0.1) is 5.41 Å². The standard InChI is InChI=1S/C24H41N3O9/c1-5-21(31)25-9-18(28)12-34-15-24(8-4,16-35-13-19(29)10-26-22(32)6-2)17-36-14-20(30)11-27-23(33)7-3/h5-7,18-20,28-30H,1-3,8-17H2,4H3,(H,25,31)(H,26,32)(H,27,33). The summed E-state index contributed by atoms with van der Waals surface area (Å²) >= 11 is 0. The minimum Gasteiger partial charge on any atom is -0.389 e. The lowest BCUT2D eigenvalue weighted by Crippen LogP contribution is -2.41. The Balaban J connectivity index is 4.87. The lowest BCUT2D eigenvalue weighted by atomic mass is 9.88. The third kappa shape index (κ3) is 16.1. The van der Waals surface area contributed by atoms with Gasteiger partial charge in [-0.05, 0) is 24.6 Å². The van der Waals surface area contributed by atoms with Crippen molar-refractivity contribution in [2.24, 2.45) is 5.41 Å². The summed E-state index contributed by atoms with van der Waals surface area (Å²) in [5, 5.41) is 37.5. The molecule has 0 saturated carbocycles. The highest BCUT2D eigenvalue weighted by Crippen LogP contribution is 2.24. The van der Waals surface area contributed by atoms with Gasteiger partial charge in [-0.1, -0.05) is 26.7 Å². The van der Waals surface area contributed by atoms with Gasteiger partial charge in [0, 0.05) is 25.0 Å². The van der Waals surface area contributed by atoms with Crippen LogP contribution in [0.1, 0.15) is 13.3 Å². The zero-order chi connectivity index (χ0) is 27.4. The van der Waals surface area contributed by atoms with E-state index >= 15 is 0 Å². The summed E-state index contributed by atoms with van der Waals surface area (Å²) in [4.78, 5) is 33.7. The second-order valence-electron chi connectivity index (χ2n) is 8.21. The summed E-state index contributed by atoms with van der Waals surface area (Å²) in [6, 6.07) is 0. The third-order valence-electron chi connectivity index (χ3n) is 5.00. The molecule has 0 fully saturated rings. The third-order valence-corrected chi connectivity index (χ3v) is 5.00. The molecular formula is C24H41N3O9. The molecule has 12 nitrogen and oxygen atoms in total. The van der Waals surface area contributed by atoms with Gasteiger partial charge in [0.15, 0.2) is 0 Å². The number of aliphatic hydroxyl groups is 3. The maximum atomic E-state index is 11.2. The Morgan fingerprint density at radius 1 is 0.694 bits per heavy atom. The van der Waals surface area contributed by atoms with Gasteiger partial charge in [-0.3, -0.25) is 14.4 Å². The lowest BCUT2D eigenvalue weighted by molar-refractivity contribution is -0.117. The first-order valence-corrected chi connectivity index (χ1v) is 11.6. The van der Waals surface area contributed by atoms with Crippen molar-refractivity contribution in [2.45, 2.75) is 31.7 Å². The zero-order valence-electron chi connectivity index (χ0n) is 20.9. The fraction of sp³-hybridized carbons (Fsp3) is 0.625. The highest BCUT2D eigenvalue weighted by Gasteiger charge is 2.31. The van der Waals surface area contributed by atoms with Crippen molar-refractivity contribution in [3.63, 3.8) is 0 Å². The van der Waals surface area contributed by atoms with Crippen LogP contribution >= 0.6 is 0 Å². The molecule has 0 aromatic rings. The van der Waals surface area contributed by atoms with E-state index < -0.39 is 41.4 Å². The van der Waals surface area contributed by atoms with E-state index in [2.05, 4.69) is 35.7 Å². The minimum atomic E-state index is -0.948. The maximum absolute atomic E-state index is 11.2. The summed E-state index contributed by atoms with van der Waals surface area (Å²) < 4.78 is 17.0. The summed E-state index contributed by atoms with van der Waals surface area (Å²) in [5.74, 6) is -1.24. The molecule has 206 valence electrons. The second-order valence-corrected chi connectivity index (χ2v) is 8.21. The van der Waals surface area contributed by atoms with Crippen molar-refractivity contribution in [2.75, 3.05) is 59.3 Å². The zero-order valence-corrected chi connectivity index (χ0v) is 20.9. The van der Waals surface area contributed by atoms with Crippen molar-refractivity contribution >= 4 is 17.7 Å². The molecule has 0 saturated heterocycles. The van der Waals surface area contributed by atoms with Gasteiger partial charge in [-0.25, -0.2) is 0 Å². The molecule has 36 heavy (non-hydrogen) atoms. The molecule has 0 aliphatic heterocycles. The topological polar surface area (TPSA) is 176 Å². The molecule has 0 spiro atoms. The fourth-order valence-corrected chi connectivity index (χ4v) is 2.71. The SMILES string of the molecule is C=CC(=O)NCC(O)COCC(CC)(COCC(O)CNC(=O)C=C)COCC(O)CNC(=O)C=C. The number of carbonyl (C=O) groups is 3. The fourth-order valence-electron chi connectivity index (χ4n) is 2.71. The lowest BCUT2D eigenvalue weighted by Gasteiger charge is -2.33. The molecule has 3 atom stereocenters. The molecule has 12 heteroatoms. The van der Waals surface area contributed by atoms with E-state index in [-0.39, 0.29) is 59.3 Å². The second kappa shape index (κ2) is 19.6. The largest absolute Gasteiger partial charge is 0.389 e. The van der Waals surface area contributed by atoms with Crippen molar-refractivity contribution in [1.29, 1.82) is 0 Å². The Bertz CT molecular complexity index is 614. The van der Waals surface area contributed by atoms with E-state index in [4.69, 9.17) is 14.2 Å². The Hall–Kier alpha value is -2.61. The van der Waals surface area contributed by atoms with Crippen LogP contribution in [0.2, 0.25) is 0 Å². The first-order chi connectivity index (χ1) is 17.1. The van der Waals surface area contributed by atoms with E-state index in [1.807, 2.05) is 6.92 Å². The van der Waals surface area contributed by atoms with Gasteiger partial charge < -0.3 is 45.5 Å². The Morgan fingerprint density at radius 3 is 1.19 bits per heavy atom. The van der Waals surface area contributed by atoms with Gasteiger partial charge >= 0.3 is 0 Å². The van der Waals surface area contributed by atoms with Gasteiger partial charge in [-0.2, -0.15) is 0 Å². The van der Waals surface area contributed by atoms with Crippen LogP contribution < -0.4 is 16.0 Å². The van der Waals surface area contributed by atoms with Crippen molar-refractivity contribution in [3.05, 3.63) is 38.0 Å². The highest BCUT2D eigenvalue weighted by atomic mass is 16.5. The van der Waals surface area contributed by atoms with Crippen LogP contribution in [-0.2, 0) is 28.6 Å². The summed E-state index contributed by atoms with van der Waals surface area (Å²) in [6.45, 7) is 12.0. The van der Waals surface area contributed by atoms with Crippen molar-refractivity contribution < 1.29 is 43.9 Å². The number of hydrogen-bond acceptors (Lipinski definition) is 9. The first kappa shape index (κ1) is 33.4. The van der Waals surface area contributed by atoms with E-state index in [1.54, 1.807) is 0 Å². The number of rotatable bonds is 22. The normalized spacial score (nSPS) is 15.0.